The van der Waals surface area contributed by atoms with Crippen molar-refractivity contribution >= 4 is 17.3 Å². The summed E-state index contributed by atoms with van der Waals surface area (Å²) in [6.07, 6.45) is 0. The summed E-state index contributed by atoms with van der Waals surface area (Å²) in [5, 5.41) is 24.5. The van der Waals surface area contributed by atoms with E-state index in [-0.39, 0.29) is 11.1 Å². The number of nitro groups is 2. The van der Waals surface area contributed by atoms with E-state index in [0.717, 1.165) is 31.3 Å². The highest BCUT2D eigenvalue weighted by Gasteiger charge is 2.29. The van der Waals surface area contributed by atoms with Gasteiger partial charge >= 0.3 is 0 Å². The second-order valence-corrected chi connectivity index (χ2v) is 6.35. The molecule has 10 nitrogen and oxygen atoms in total. The molecule has 2 rings (SSSR count). The van der Waals surface area contributed by atoms with Crippen LogP contribution in [0, 0.1) is 20.2 Å². The number of carbonyl (C=O) groups is 1. The Kier molecular flexibility index (Phi) is 5.65. The van der Waals surface area contributed by atoms with Crippen molar-refractivity contribution in [3.05, 3.63) is 44.0 Å². The Morgan fingerprint density at radius 3 is 2.16 bits per heavy atom. The van der Waals surface area contributed by atoms with Crippen LogP contribution in [0.4, 0.5) is 11.4 Å². The maximum Gasteiger partial charge on any atom is 0.277 e. The molecule has 136 valence electrons. The first-order chi connectivity index (χ1) is 11.7. The molecule has 10 heteroatoms. The zero-order chi connectivity index (χ0) is 18.6. The standard InChI is InChI=1S/C15H20N4O6/c1-15(2,17-3-5-25-6-4-17)10-16-14(20)11-7-12(18(21)22)9-13(8-11)19(23)24/h7-9H,3-6,10H2,1-2H3,(H,16,20). The molecule has 1 aromatic carbocycles. The van der Waals surface area contributed by atoms with Gasteiger partial charge in [0.1, 0.15) is 0 Å². The second kappa shape index (κ2) is 7.53. The van der Waals surface area contributed by atoms with Gasteiger partial charge in [0.05, 0.1) is 34.7 Å². The van der Waals surface area contributed by atoms with E-state index in [1.165, 1.54) is 0 Å². The van der Waals surface area contributed by atoms with Crippen LogP contribution in [-0.4, -0.2) is 59.0 Å². The van der Waals surface area contributed by atoms with Gasteiger partial charge in [0.25, 0.3) is 17.3 Å². The van der Waals surface area contributed by atoms with Gasteiger partial charge in [-0.25, -0.2) is 0 Å². The number of nitrogens with one attached hydrogen (secondary N) is 1. The van der Waals surface area contributed by atoms with E-state index in [9.17, 15) is 25.0 Å². The van der Waals surface area contributed by atoms with Crippen LogP contribution < -0.4 is 5.32 Å². The SMILES string of the molecule is CC(C)(CNC(=O)c1cc([N+](=O)[O-])cc([N+](=O)[O-])c1)N1CCOCC1. The summed E-state index contributed by atoms with van der Waals surface area (Å²) in [6, 6.07) is 2.89. The van der Waals surface area contributed by atoms with Crippen molar-refractivity contribution in [1.29, 1.82) is 0 Å². The molecule has 1 heterocycles. The number of carbonyl (C=O) groups excluding carboxylic acids is 1. The first kappa shape index (κ1) is 18.7. The summed E-state index contributed by atoms with van der Waals surface area (Å²) in [5.41, 5.74) is -1.44. The summed E-state index contributed by atoms with van der Waals surface area (Å²) in [4.78, 5) is 34.8. The molecule has 25 heavy (non-hydrogen) atoms. The number of benzene rings is 1. The molecule has 0 unspecified atom stereocenters. The van der Waals surface area contributed by atoms with Crippen molar-refractivity contribution in [3.8, 4) is 0 Å². The zero-order valence-electron chi connectivity index (χ0n) is 14.1. The molecule has 0 radical (unpaired) electrons. The molecule has 1 saturated heterocycles. The monoisotopic (exact) mass is 352 g/mol. The molecule has 0 aliphatic carbocycles. The average Bonchev–Trinajstić information content (AvgIpc) is 2.60. The Labute approximate surface area is 144 Å². The van der Waals surface area contributed by atoms with Gasteiger partial charge < -0.3 is 10.1 Å². The van der Waals surface area contributed by atoms with Gasteiger partial charge in [0, 0.05) is 37.3 Å². The smallest absolute Gasteiger partial charge is 0.277 e. The lowest BCUT2D eigenvalue weighted by molar-refractivity contribution is -0.394. The van der Waals surface area contributed by atoms with E-state index < -0.39 is 27.1 Å². The van der Waals surface area contributed by atoms with Gasteiger partial charge in [-0.15, -0.1) is 0 Å². The number of nitrogens with zero attached hydrogens (tertiary/aromatic N) is 3. The Hall–Kier alpha value is -2.59. The van der Waals surface area contributed by atoms with Gasteiger partial charge in [-0.3, -0.25) is 29.9 Å². The summed E-state index contributed by atoms with van der Waals surface area (Å²) < 4.78 is 5.30. The zero-order valence-corrected chi connectivity index (χ0v) is 14.1. The van der Waals surface area contributed by atoms with E-state index in [1.807, 2.05) is 13.8 Å². The van der Waals surface area contributed by atoms with Crippen molar-refractivity contribution in [2.75, 3.05) is 32.8 Å². The predicted molar refractivity (Wildman–Crippen MR) is 88.6 cm³/mol. The molecule has 1 aromatic rings. The van der Waals surface area contributed by atoms with Crippen LogP contribution in [0.25, 0.3) is 0 Å². The summed E-state index contributed by atoms with van der Waals surface area (Å²) in [7, 11) is 0. The van der Waals surface area contributed by atoms with Crippen LogP contribution in [0.2, 0.25) is 0 Å². The number of nitro benzene ring substituents is 2. The molecule has 1 aliphatic rings. The fourth-order valence-corrected chi connectivity index (χ4v) is 2.62. The van der Waals surface area contributed by atoms with E-state index in [4.69, 9.17) is 4.74 Å². The quantitative estimate of drug-likeness (QED) is 0.604. The van der Waals surface area contributed by atoms with E-state index in [0.29, 0.717) is 19.8 Å². The van der Waals surface area contributed by atoms with Gasteiger partial charge in [0.2, 0.25) is 0 Å². The van der Waals surface area contributed by atoms with E-state index >= 15 is 0 Å². The minimum atomic E-state index is -0.762. The van der Waals surface area contributed by atoms with Crippen LogP contribution in [-0.2, 0) is 4.74 Å². The maximum atomic E-state index is 12.3. The molecule has 1 amide bonds. The summed E-state index contributed by atoms with van der Waals surface area (Å²) in [6.45, 7) is 6.95. The molecular formula is C15H20N4O6. The van der Waals surface area contributed by atoms with Crippen molar-refractivity contribution in [2.24, 2.45) is 0 Å². The highest BCUT2D eigenvalue weighted by atomic mass is 16.6. The minimum absolute atomic E-state index is 0.112. The Balaban J connectivity index is 2.12. The number of rotatable bonds is 6. The lowest BCUT2D eigenvalue weighted by atomic mass is 10.0. The van der Waals surface area contributed by atoms with Gasteiger partial charge in [0.15, 0.2) is 0 Å². The lowest BCUT2D eigenvalue weighted by Crippen LogP contribution is -2.55. The van der Waals surface area contributed by atoms with Crippen molar-refractivity contribution in [2.45, 2.75) is 19.4 Å². The molecule has 1 fully saturated rings. The van der Waals surface area contributed by atoms with E-state index in [1.54, 1.807) is 0 Å². The third-order valence-electron chi connectivity index (χ3n) is 4.14. The maximum absolute atomic E-state index is 12.3. The first-order valence-electron chi connectivity index (χ1n) is 7.75. The Bertz CT molecular complexity index is 652. The molecule has 0 aromatic heterocycles. The Morgan fingerprint density at radius 1 is 1.16 bits per heavy atom. The number of hydrogen-bond acceptors (Lipinski definition) is 7. The van der Waals surface area contributed by atoms with Crippen LogP contribution in [0.1, 0.15) is 24.2 Å². The molecule has 0 saturated carbocycles. The summed E-state index contributed by atoms with van der Waals surface area (Å²) in [5.74, 6) is -0.590. The third kappa shape index (κ3) is 4.70. The number of ether oxygens (including phenoxy) is 1. The molecule has 1 aliphatic heterocycles. The number of amides is 1. The highest BCUT2D eigenvalue weighted by molar-refractivity contribution is 5.95. The van der Waals surface area contributed by atoms with Crippen molar-refractivity contribution in [1.82, 2.24) is 10.2 Å². The number of non-ortho nitro benzene ring substituents is 2. The van der Waals surface area contributed by atoms with Gasteiger partial charge in [-0.05, 0) is 13.8 Å². The number of morpholine rings is 1. The van der Waals surface area contributed by atoms with Crippen LogP contribution >= 0.6 is 0 Å². The van der Waals surface area contributed by atoms with Crippen LogP contribution in [0.15, 0.2) is 18.2 Å². The number of hydrogen-bond donors (Lipinski definition) is 1. The van der Waals surface area contributed by atoms with Gasteiger partial charge in [-0.1, -0.05) is 0 Å². The molecule has 0 spiro atoms. The topological polar surface area (TPSA) is 128 Å². The van der Waals surface area contributed by atoms with Crippen molar-refractivity contribution in [3.63, 3.8) is 0 Å². The van der Waals surface area contributed by atoms with Crippen LogP contribution in [0.5, 0.6) is 0 Å². The predicted octanol–water partition coefficient (Wildman–Crippen LogP) is 1.34. The third-order valence-corrected chi connectivity index (χ3v) is 4.14. The molecular weight excluding hydrogens is 332 g/mol. The first-order valence-corrected chi connectivity index (χ1v) is 7.75. The fraction of sp³-hybridized carbons (Fsp3) is 0.533. The highest BCUT2D eigenvalue weighted by Crippen LogP contribution is 2.23. The molecule has 0 bridgehead atoms. The lowest BCUT2D eigenvalue weighted by Gasteiger charge is -2.40. The average molecular weight is 352 g/mol. The normalized spacial score (nSPS) is 15.6. The summed E-state index contributed by atoms with van der Waals surface area (Å²) >= 11 is 0. The Morgan fingerprint density at radius 2 is 1.68 bits per heavy atom. The second-order valence-electron chi connectivity index (χ2n) is 6.35. The van der Waals surface area contributed by atoms with E-state index in [2.05, 4.69) is 10.2 Å². The largest absolute Gasteiger partial charge is 0.379 e. The van der Waals surface area contributed by atoms with Gasteiger partial charge in [-0.2, -0.15) is 0 Å². The fourth-order valence-electron chi connectivity index (χ4n) is 2.62. The van der Waals surface area contributed by atoms with Crippen LogP contribution in [0.3, 0.4) is 0 Å². The molecule has 0 atom stereocenters. The molecule has 1 N–H and O–H groups in total. The minimum Gasteiger partial charge on any atom is -0.379 e. The van der Waals surface area contributed by atoms with Crippen molar-refractivity contribution < 1.29 is 19.4 Å².